The molecule has 0 spiro atoms. The zero-order valence-electron chi connectivity index (χ0n) is 10.3. The molecule has 0 bridgehead atoms. The molecule has 0 aromatic carbocycles. The highest BCUT2D eigenvalue weighted by Crippen LogP contribution is 2.33. The van der Waals surface area contributed by atoms with Gasteiger partial charge in [0.05, 0.1) is 0 Å². The summed E-state index contributed by atoms with van der Waals surface area (Å²) in [4.78, 5) is 3.81. The fraction of sp³-hybridized carbons (Fsp3) is 0.800. The van der Waals surface area contributed by atoms with Crippen molar-refractivity contribution in [1.29, 1.82) is 0 Å². The highest BCUT2D eigenvalue weighted by atomic mass is 35.5. The number of hydrogen-bond acceptors (Lipinski definition) is 5. The maximum atomic E-state index is 12.2. The lowest BCUT2D eigenvalue weighted by Gasteiger charge is -2.32. The molecule has 9 heteroatoms. The van der Waals surface area contributed by atoms with E-state index in [2.05, 4.69) is 15.5 Å². The van der Waals surface area contributed by atoms with Crippen LogP contribution >= 0.6 is 12.4 Å². The molecule has 0 aliphatic carbocycles. The summed E-state index contributed by atoms with van der Waals surface area (Å²) in [7, 11) is 1.50. The predicted molar refractivity (Wildman–Crippen MR) is 62.1 cm³/mol. The number of alkyl halides is 3. The zero-order valence-corrected chi connectivity index (χ0v) is 11.1. The fourth-order valence-corrected chi connectivity index (χ4v) is 2.03. The van der Waals surface area contributed by atoms with E-state index < -0.39 is 18.2 Å². The van der Waals surface area contributed by atoms with Crippen LogP contribution in [0.4, 0.5) is 13.2 Å². The van der Waals surface area contributed by atoms with Gasteiger partial charge < -0.3 is 14.6 Å². The van der Waals surface area contributed by atoms with Crippen molar-refractivity contribution in [3.63, 3.8) is 0 Å². The molecule has 1 aliphatic heterocycles. The summed E-state index contributed by atoms with van der Waals surface area (Å²) in [5.74, 6) is -0.224. The molecule has 1 fully saturated rings. The van der Waals surface area contributed by atoms with Gasteiger partial charge in [-0.15, -0.1) is 12.4 Å². The number of piperidine rings is 1. The summed E-state index contributed by atoms with van der Waals surface area (Å²) < 4.78 is 46.9. The molecule has 110 valence electrons. The van der Waals surface area contributed by atoms with Gasteiger partial charge in [-0.25, -0.2) is 0 Å². The Kier molecular flexibility index (Phi) is 5.17. The summed E-state index contributed by atoms with van der Waals surface area (Å²) in [6.45, 7) is 1.40. The van der Waals surface area contributed by atoms with Gasteiger partial charge in [0.2, 0.25) is 0 Å². The second-order valence-electron chi connectivity index (χ2n) is 4.26. The lowest BCUT2D eigenvalue weighted by Crippen LogP contribution is -2.41. The van der Waals surface area contributed by atoms with E-state index in [0.717, 1.165) is 0 Å². The molecule has 0 atom stereocenters. The quantitative estimate of drug-likeness (QED) is 0.923. The third-order valence-corrected chi connectivity index (χ3v) is 3.02. The number of rotatable bonds is 3. The van der Waals surface area contributed by atoms with Crippen LogP contribution in [0.25, 0.3) is 0 Å². The minimum Gasteiger partial charge on any atom is -0.368 e. The number of ether oxygens (including phenoxy) is 1. The Labute approximate surface area is 114 Å². The second kappa shape index (κ2) is 6.06. The van der Waals surface area contributed by atoms with Crippen molar-refractivity contribution in [2.45, 2.75) is 31.0 Å². The summed E-state index contributed by atoms with van der Waals surface area (Å²) in [5.41, 5.74) is -0.762. The van der Waals surface area contributed by atoms with Crippen molar-refractivity contribution in [3.05, 3.63) is 11.7 Å². The standard InChI is InChI=1S/C10H14F3N3O2.ClH/c1-17-9(2-4-14-5-3-9)8-15-7(16-18-8)6-10(11,12)13;/h14H,2-6H2,1H3;1H. The van der Waals surface area contributed by atoms with E-state index in [1.807, 2.05) is 0 Å². The van der Waals surface area contributed by atoms with Crippen LogP contribution in [0.15, 0.2) is 4.52 Å². The Bertz CT molecular complexity index is 405. The van der Waals surface area contributed by atoms with E-state index in [1.165, 1.54) is 7.11 Å². The van der Waals surface area contributed by atoms with Crippen molar-refractivity contribution in [2.24, 2.45) is 0 Å². The first-order chi connectivity index (χ1) is 8.45. The smallest absolute Gasteiger partial charge is 0.368 e. The molecule has 1 aliphatic rings. The highest BCUT2D eigenvalue weighted by Gasteiger charge is 2.40. The lowest BCUT2D eigenvalue weighted by molar-refractivity contribution is -0.128. The molecular formula is C10H15ClF3N3O2. The number of nitrogens with one attached hydrogen (secondary N) is 1. The molecule has 0 saturated carbocycles. The summed E-state index contributed by atoms with van der Waals surface area (Å²) >= 11 is 0. The number of methoxy groups -OCH3 is 1. The molecule has 0 amide bonds. The summed E-state index contributed by atoms with van der Waals surface area (Å²) in [5, 5.41) is 6.50. The monoisotopic (exact) mass is 301 g/mol. The average Bonchev–Trinajstić information content (AvgIpc) is 2.76. The molecule has 0 radical (unpaired) electrons. The first kappa shape index (κ1) is 16.2. The molecule has 1 aromatic rings. The van der Waals surface area contributed by atoms with Crippen molar-refractivity contribution < 1.29 is 22.4 Å². The number of hydrogen-bond donors (Lipinski definition) is 1. The SMILES string of the molecule is COC1(c2nc(CC(F)(F)F)no2)CCNCC1.Cl. The Balaban J connectivity index is 0.00000180. The van der Waals surface area contributed by atoms with E-state index in [4.69, 9.17) is 9.26 Å². The number of halogens is 4. The van der Waals surface area contributed by atoms with Crippen molar-refractivity contribution in [3.8, 4) is 0 Å². The van der Waals surface area contributed by atoms with Crippen LogP contribution in [-0.4, -0.2) is 36.5 Å². The van der Waals surface area contributed by atoms with Gasteiger partial charge in [-0.3, -0.25) is 0 Å². The summed E-state index contributed by atoms with van der Waals surface area (Å²) in [6, 6.07) is 0. The van der Waals surface area contributed by atoms with Crippen LogP contribution in [0.3, 0.4) is 0 Å². The van der Waals surface area contributed by atoms with E-state index >= 15 is 0 Å². The molecule has 19 heavy (non-hydrogen) atoms. The zero-order chi connectivity index (χ0) is 13.2. The van der Waals surface area contributed by atoms with Gasteiger partial charge in [0.1, 0.15) is 12.0 Å². The van der Waals surface area contributed by atoms with Crippen LogP contribution in [-0.2, 0) is 16.8 Å². The molecule has 2 rings (SSSR count). The molecule has 0 unspecified atom stereocenters. The van der Waals surface area contributed by atoms with Crippen molar-refractivity contribution in [2.75, 3.05) is 20.2 Å². The Morgan fingerprint density at radius 3 is 2.53 bits per heavy atom. The van der Waals surface area contributed by atoms with Gasteiger partial charge in [0.15, 0.2) is 5.82 Å². The molecule has 1 saturated heterocycles. The molecule has 1 N–H and O–H groups in total. The largest absolute Gasteiger partial charge is 0.396 e. The Morgan fingerprint density at radius 2 is 2.00 bits per heavy atom. The van der Waals surface area contributed by atoms with Crippen LogP contribution in [0, 0.1) is 0 Å². The van der Waals surface area contributed by atoms with E-state index in [-0.39, 0.29) is 24.1 Å². The van der Waals surface area contributed by atoms with E-state index in [1.54, 1.807) is 0 Å². The number of aromatic nitrogens is 2. The van der Waals surface area contributed by atoms with Gasteiger partial charge in [-0.05, 0) is 25.9 Å². The summed E-state index contributed by atoms with van der Waals surface area (Å²) in [6.07, 6.45) is -4.33. The molecule has 5 nitrogen and oxygen atoms in total. The maximum absolute atomic E-state index is 12.2. The Hall–Kier alpha value is -0.860. The maximum Gasteiger partial charge on any atom is 0.396 e. The third kappa shape index (κ3) is 3.80. The molecule has 1 aromatic heterocycles. The van der Waals surface area contributed by atoms with Crippen LogP contribution in [0.5, 0.6) is 0 Å². The van der Waals surface area contributed by atoms with Gasteiger partial charge >= 0.3 is 6.18 Å². The van der Waals surface area contributed by atoms with Crippen LogP contribution in [0.1, 0.15) is 24.6 Å². The van der Waals surface area contributed by atoms with Crippen LogP contribution < -0.4 is 5.32 Å². The highest BCUT2D eigenvalue weighted by molar-refractivity contribution is 5.85. The average molecular weight is 302 g/mol. The topological polar surface area (TPSA) is 60.2 Å². The molecular weight excluding hydrogens is 287 g/mol. The Morgan fingerprint density at radius 1 is 1.37 bits per heavy atom. The first-order valence-electron chi connectivity index (χ1n) is 5.61. The van der Waals surface area contributed by atoms with Crippen molar-refractivity contribution in [1.82, 2.24) is 15.5 Å². The minimum atomic E-state index is -4.34. The molecule has 2 heterocycles. The van der Waals surface area contributed by atoms with E-state index in [9.17, 15) is 13.2 Å². The third-order valence-electron chi connectivity index (χ3n) is 3.02. The normalized spacial score (nSPS) is 18.9. The van der Waals surface area contributed by atoms with Gasteiger partial charge in [-0.1, -0.05) is 5.16 Å². The number of nitrogens with zero attached hydrogens (tertiary/aromatic N) is 2. The minimum absolute atomic E-state index is 0. The van der Waals surface area contributed by atoms with Gasteiger partial charge in [0, 0.05) is 7.11 Å². The van der Waals surface area contributed by atoms with E-state index in [0.29, 0.717) is 25.9 Å². The van der Waals surface area contributed by atoms with Crippen LogP contribution in [0.2, 0.25) is 0 Å². The first-order valence-corrected chi connectivity index (χ1v) is 5.61. The van der Waals surface area contributed by atoms with Crippen molar-refractivity contribution >= 4 is 12.4 Å². The van der Waals surface area contributed by atoms with Gasteiger partial charge in [-0.2, -0.15) is 18.2 Å². The second-order valence-corrected chi connectivity index (χ2v) is 4.26. The lowest BCUT2D eigenvalue weighted by atomic mass is 9.92. The fourth-order valence-electron chi connectivity index (χ4n) is 2.03. The predicted octanol–water partition coefficient (Wildman–Crippen LogP) is 1.82. The van der Waals surface area contributed by atoms with Gasteiger partial charge in [0.25, 0.3) is 5.89 Å².